The van der Waals surface area contributed by atoms with E-state index in [1.807, 2.05) is 23.0 Å². The van der Waals surface area contributed by atoms with Crippen molar-refractivity contribution in [3.63, 3.8) is 0 Å². The zero-order chi connectivity index (χ0) is 13.8. The van der Waals surface area contributed by atoms with Gasteiger partial charge in [-0.05, 0) is 30.7 Å². The molecule has 20 heavy (non-hydrogen) atoms. The first-order valence-corrected chi connectivity index (χ1v) is 6.93. The van der Waals surface area contributed by atoms with Crippen molar-refractivity contribution in [3.05, 3.63) is 42.2 Å². The van der Waals surface area contributed by atoms with E-state index in [4.69, 9.17) is 9.47 Å². The van der Waals surface area contributed by atoms with Crippen LogP contribution in [0.2, 0.25) is 0 Å². The molecule has 0 fully saturated rings. The van der Waals surface area contributed by atoms with Crippen LogP contribution >= 0.6 is 0 Å². The summed E-state index contributed by atoms with van der Waals surface area (Å²) in [6.07, 6.45) is 3.76. The second-order valence-corrected chi connectivity index (χ2v) is 4.85. The fourth-order valence-electron chi connectivity index (χ4n) is 2.28. The van der Waals surface area contributed by atoms with E-state index in [1.54, 1.807) is 6.20 Å². The lowest BCUT2D eigenvalue weighted by Gasteiger charge is -2.21. The standard InChI is InChI=1S/C15H19N3O2/c1-12(16-6-8-18-7-2-5-17-18)13-3-4-14-15(11-13)20-10-9-19-14/h2-5,7,11-12,16H,6,8-10H2,1H3. The molecular weight excluding hydrogens is 254 g/mol. The van der Waals surface area contributed by atoms with Crippen molar-refractivity contribution in [2.24, 2.45) is 0 Å². The number of benzene rings is 1. The summed E-state index contributed by atoms with van der Waals surface area (Å²) in [6.45, 7) is 5.13. The number of ether oxygens (including phenoxy) is 2. The van der Waals surface area contributed by atoms with Gasteiger partial charge in [-0.15, -0.1) is 0 Å². The Labute approximate surface area is 118 Å². The highest BCUT2D eigenvalue weighted by molar-refractivity contribution is 5.44. The largest absolute Gasteiger partial charge is 0.486 e. The summed E-state index contributed by atoms with van der Waals surface area (Å²) in [6, 6.07) is 8.32. The second-order valence-electron chi connectivity index (χ2n) is 4.85. The molecule has 1 aliphatic rings. The summed E-state index contributed by atoms with van der Waals surface area (Å²) in [5.41, 5.74) is 1.20. The van der Waals surface area contributed by atoms with Crippen molar-refractivity contribution < 1.29 is 9.47 Å². The minimum absolute atomic E-state index is 0.265. The molecule has 0 saturated carbocycles. The van der Waals surface area contributed by atoms with Gasteiger partial charge in [-0.2, -0.15) is 5.10 Å². The van der Waals surface area contributed by atoms with Crippen molar-refractivity contribution >= 4 is 0 Å². The molecule has 0 amide bonds. The lowest BCUT2D eigenvalue weighted by molar-refractivity contribution is 0.171. The molecule has 1 aromatic carbocycles. The third kappa shape index (κ3) is 2.93. The molecule has 3 rings (SSSR count). The van der Waals surface area contributed by atoms with Gasteiger partial charge in [0, 0.05) is 25.0 Å². The van der Waals surface area contributed by atoms with Crippen LogP contribution in [-0.2, 0) is 6.54 Å². The van der Waals surface area contributed by atoms with Crippen LogP contribution in [0.1, 0.15) is 18.5 Å². The van der Waals surface area contributed by atoms with Gasteiger partial charge in [-0.1, -0.05) is 6.07 Å². The Balaban J connectivity index is 1.57. The third-order valence-electron chi connectivity index (χ3n) is 3.42. The number of hydrogen-bond donors (Lipinski definition) is 1. The zero-order valence-corrected chi connectivity index (χ0v) is 11.6. The molecule has 1 atom stereocenters. The molecule has 2 aromatic rings. The van der Waals surface area contributed by atoms with Gasteiger partial charge in [-0.25, -0.2) is 0 Å². The summed E-state index contributed by atoms with van der Waals surface area (Å²) < 4.78 is 13.1. The van der Waals surface area contributed by atoms with Crippen LogP contribution < -0.4 is 14.8 Å². The summed E-state index contributed by atoms with van der Waals surface area (Å²) in [4.78, 5) is 0. The van der Waals surface area contributed by atoms with Crippen LogP contribution in [0.4, 0.5) is 0 Å². The molecule has 0 aliphatic carbocycles. The van der Waals surface area contributed by atoms with Gasteiger partial charge in [0.1, 0.15) is 13.2 Å². The lowest BCUT2D eigenvalue weighted by atomic mass is 10.1. The minimum atomic E-state index is 0.265. The van der Waals surface area contributed by atoms with Crippen LogP contribution in [0.3, 0.4) is 0 Å². The molecule has 106 valence electrons. The number of hydrogen-bond acceptors (Lipinski definition) is 4. The predicted octanol–water partition coefficient (Wildman–Crippen LogP) is 2.01. The molecule has 1 aliphatic heterocycles. The van der Waals surface area contributed by atoms with Gasteiger partial charge in [0.05, 0.1) is 6.54 Å². The molecule has 0 bridgehead atoms. The maximum absolute atomic E-state index is 5.61. The monoisotopic (exact) mass is 273 g/mol. The van der Waals surface area contributed by atoms with E-state index in [-0.39, 0.29) is 6.04 Å². The molecule has 0 saturated heterocycles. The summed E-state index contributed by atoms with van der Waals surface area (Å²) >= 11 is 0. The topological polar surface area (TPSA) is 48.3 Å². The van der Waals surface area contributed by atoms with Crippen molar-refractivity contribution in [3.8, 4) is 11.5 Å². The molecule has 5 nitrogen and oxygen atoms in total. The van der Waals surface area contributed by atoms with E-state index in [1.165, 1.54) is 5.56 Å². The van der Waals surface area contributed by atoms with Gasteiger partial charge in [-0.3, -0.25) is 4.68 Å². The number of aromatic nitrogens is 2. The minimum Gasteiger partial charge on any atom is -0.486 e. The van der Waals surface area contributed by atoms with Gasteiger partial charge < -0.3 is 14.8 Å². The highest BCUT2D eigenvalue weighted by Crippen LogP contribution is 2.32. The first kappa shape index (κ1) is 13.0. The highest BCUT2D eigenvalue weighted by atomic mass is 16.6. The van der Waals surface area contributed by atoms with Gasteiger partial charge in [0.15, 0.2) is 11.5 Å². The summed E-state index contributed by atoms with van der Waals surface area (Å²) in [5.74, 6) is 1.68. The molecule has 1 N–H and O–H groups in total. The average Bonchev–Trinajstić information content (AvgIpc) is 3.00. The molecule has 1 aromatic heterocycles. The van der Waals surface area contributed by atoms with Crippen LogP contribution in [0.5, 0.6) is 11.5 Å². The fourth-order valence-corrected chi connectivity index (χ4v) is 2.28. The van der Waals surface area contributed by atoms with Gasteiger partial charge >= 0.3 is 0 Å². The van der Waals surface area contributed by atoms with Crippen LogP contribution in [0.15, 0.2) is 36.7 Å². The van der Waals surface area contributed by atoms with Crippen molar-refractivity contribution in [2.45, 2.75) is 19.5 Å². The molecule has 1 unspecified atom stereocenters. The third-order valence-corrected chi connectivity index (χ3v) is 3.42. The van der Waals surface area contributed by atoms with Crippen LogP contribution in [0.25, 0.3) is 0 Å². The van der Waals surface area contributed by atoms with Gasteiger partial charge in [0.25, 0.3) is 0 Å². The smallest absolute Gasteiger partial charge is 0.161 e. The van der Waals surface area contributed by atoms with E-state index >= 15 is 0 Å². The lowest BCUT2D eigenvalue weighted by Crippen LogP contribution is -2.24. The zero-order valence-electron chi connectivity index (χ0n) is 11.6. The SMILES string of the molecule is CC(NCCn1cccn1)c1ccc2c(c1)OCCO2. The first-order valence-electron chi connectivity index (χ1n) is 6.93. The Hall–Kier alpha value is -2.01. The summed E-state index contributed by atoms with van der Waals surface area (Å²) in [5, 5.41) is 7.67. The number of nitrogens with one attached hydrogen (secondary N) is 1. The first-order chi connectivity index (χ1) is 9.83. The molecule has 5 heteroatoms. The molecule has 2 heterocycles. The number of rotatable bonds is 5. The summed E-state index contributed by atoms with van der Waals surface area (Å²) in [7, 11) is 0. The van der Waals surface area contributed by atoms with E-state index < -0.39 is 0 Å². The Morgan fingerprint density at radius 3 is 2.95 bits per heavy atom. The molecule has 0 spiro atoms. The fraction of sp³-hybridized carbons (Fsp3) is 0.400. The predicted molar refractivity (Wildman–Crippen MR) is 76.1 cm³/mol. The highest BCUT2D eigenvalue weighted by Gasteiger charge is 2.14. The Morgan fingerprint density at radius 1 is 1.30 bits per heavy atom. The van der Waals surface area contributed by atoms with E-state index in [0.717, 1.165) is 24.6 Å². The van der Waals surface area contributed by atoms with Crippen LogP contribution in [0, 0.1) is 0 Å². The van der Waals surface area contributed by atoms with Crippen molar-refractivity contribution in [1.82, 2.24) is 15.1 Å². The Morgan fingerprint density at radius 2 is 2.15 bits per heavy atom. The second kappa shape index (κ2) is 5.96. The normalized spacial score (nSPS) is 15.1. The molecule has 0 radical (unpaired) electrons. The Bertz CT molecular complexity index is 554. The number of fused-ring (bicyclic) bond motifs is 1. The van der Waals surface area contributed by atoms with Crippen molar-refractivity contribution in [1.29, 1.82) is 0 Å². The van der Waals surface area contributed by atoms with E-state index in [0.29, 0.717) is 13.2 Å². The van der Waals surface area contributed by atoms with E-state index in [9.17, 15) is 0 Å². The maximum atomic E-state index is 5.61. The Kier molecular flexibility index (Phi) is 3.87. The molecular formula is C15H19N3O2. The maximum Gasteiger partial charge on any atom is 0.161 e. The van der Waals surface area contributed by atoms with Crippen LogP contribution in [-0.4, -0.2) is 29.5 Å². The van der Waals surface area contributed by atoms with Gasteiger partial charge in [0.2, 0.25) is 0 Å². The van der Waals surface area contributed by atoms with E-state index in [2.05, 4.69) is 29.5 Å². The quantitative estimate of drug-likeness (QED) is 0.905. The van der Waals surface area contributed by atoms with Crippen molar-refractivity contribution in [2.75, 3.05) is 19.8 Å². The average molecular weight is 273 g/mol. The number of nitrogens with zero attached hydrogens (tertiary/aromatic N) is 2.